The molecular weight excluding hydrogens is 614 g/mol. The summed E-state index contributed by atoms with van der Waals surface area (Å²) in [4.78, 5) is 28.0. The van der Waals surface area contributed by atoms with E-state index in [1.165, 1.54) is 31.2 Å². The fraction of sp³-hybridized carbons (Fsp3) is 0.310. The molecule has 3 aromatic rings. The molecule has 0 aliphatic heterocycles. The van der Waals surface area contributed by atoms with Crippen LogP contribution in [0.1, 0.15) is 38.8 Å². The smallest absolute Gasteiger partial charge is 0.350 e. The highest BCUT2D eigenvalue weighted by Crippen LogP contribution is 2.37. The minimum atomic E-state index is -4.82. The summed E-state index contributed by atoms with van der Waals surface area (Å²) < 4.78 is 69.1. The van der Waals surface area contributed by atoms with E-state index in [2.05, 4.69) is 5.32 Å². The van der Waals surface area contributed by atoms with Crippen LogP contribution in [0.5, 0.6) is 0 Å². The lowest BCUT2D eigenvalue weighted by molar-refractivity contribution is -0.140. The van der Waals surface area contributed by atoms with Gasteiger partial charge in [-0.05, 0) is 69.7 Å². The van der Waals surface area contributed by atoms with Crippen LogP contribution in [0.15, 0.2) is 77.7 Å². The quantitative estimate of drug-likeness (QED) is 0.287. The number of anilines is 1. The number of alkyl halides is 3. The van der Waals surface area contributed by atoms with Gasteiger partial charge in [-0.25, -0.2) is 8.42 Å². The van der Waals surface area contributed by atoms with Crippen molar-refractivity contribution in [1.29, 1.82) is 0 Å². The number of nitrogens with zero attached hydrogens (tertiary/aromatic N) is 2. The molecule has 42 heavy (non-hydrogen) atoms. The largest absolute Gasteiger partial charge is 0.416 e. The lowest BCUT2D eigenvalue weighted by Crippen LogP contribution is -2.54. The lowest BCUT2D eigenvalue weighted by Gasteiger charge is -2.34. The van der Waals surface area contributed by atoms with Crippen LogP contribution in [0.2, 0.25) is 10.0 Å². The molecule has 0 aliphatic rings. The van der Waals surface area contributed by atoms with Crippen LogP contribution in [0.4, 0.5) is 18.9 Å². The van der Waals surface area contributed by atoms with E-state index in [0.717, 1.165) is 11.0 Å². The highest BCUT2D eigenvalue weighted by Gasteiger charge is 2.37. The first-order valence-corrected chi connectivity index (χ1v) is 14.9. The SMILES string of the molecule is CC(C(=O)NC(C)(C)C)N(Cc1ccccc1Cl)C(=O)CN(c1cc(C(F)(F)F)ccc1Cl)S(=O)(=O)c1ccccc1. The van der Waals surface area contributed by atoms with Gasteiger partial charge in [-0.3, -0.25) is 13.9 Å². The highest BCUT2D eigenvalue weighted by molar-refractivity contribution is 7.92. The van der Waals surface area contributed by atoms with Gasteiger partial charge in [0, 0.05) is 17.1 Å². The van der Waals surface area contributed by atoms with Crippen molar-refractivity contribution in [1.82, 2.24) is 10.2 Å². The molecule has 3 rings (SSSR count). The zero-order chi connectivity index (χ0) is 31.5. The van der Waals surface area contributed by atoms with Crippen molar-refractivity contribution in [3.63, 3.8) is 0 Å². The number of hydrogen-bond donors (Lipinski definition) is 1. The second-order valence-corrected chi connectivity index (χ2v) is 13.2. The van der Waals surface area contributed by atoms with Crippen molar-refractivity contribution in [3.05, 3.63) is 94.0 Å². The first kappa shape index (κ1) is 33.2. The Morgan fingerprint density at radius 3 is 2.07 bits per heavy atom. The standard InChI is InChI=1S/C29H30Cl2F3N3O4S/c1-19(27(39)35-28(2,3)4)36(17-20-10-8-9-13-23(20)30)26(38)18-37(42(40,41)22-11-6-5-7-12-22)25-16-21(29(32,33)34)14-15-24(25)31/h5-16,19H,17-18H2,1-4H3,(H,35,39). The topological polar surface area (TPSA) is 86.8 Å². The van der Waals surface area contributed by atoms with Gasteiger partial charge >= 0.3 is 6.18 Å². The maximum atomic E-state index is 14.0. The van der Waals surface area contributed by atoms with E-state index in [-0.39, 0.29) is 16.5 Å². The maximum Gasteiger partial charge on any atom is 0.416 e. The highest BCUT2D eigenvalue weighted by atomic mass is 35.5. The molecule has 0 saturated carbocycles. The minimum Gasteiger partial charge on any atom is -0.350 e. The van der Waals surface area contributed by atoms with Gasteiger partial charge in [0.25, 0.3) is 10.0 Å². The van der Waals surface area contributed by atoms with E-state index in [0.29, 0.717) is 27.0 Å². The summed E-state index contributed by atoms with van der Waals surface area (Å²) in [5, 5.41) is 2.76. The monoisotopic (exact) mass is 643 g/mol. The Labute approximate surface area is 253 Å². The van der Waals surface area contributed by atoms with Crippen molar-refractivity contribution in [2.24, 2.45) is 0 Å². The van der Waals surface area contributed by atoms with Crippen molar-refractivity contribution in [3.8, 4) is 0 Å². The van der Waals surface area contributed by atoms with Crippen molar-refractivity contribution >= 4 is 50.7 Å². The zero-order valence-corrected chi connectivity index (χ0v) is 25.6. The van der Waals surface area contributed by atoms with E-state index in [1.54, 1.807) is 51.1 Å². The van der Waals surface area contributed by atoms with Crippen LogP contribution in [0.25, 0.3) is 0 Å². The Bertz CT molecular complexity index is 1550. The number of rotatable bonds is 9. The second-order valence-electron chi connectivity index (χ2n) is 10.5. The van der Waals surface area contributed by atoms with Gasteiger partial charge in [0.1, 0.15) is 12.6 Å². The van der Waals surface area contributed by atoms with E-state index in [1.807, 2.05) is 0 Å². The van der Waals surface area contributed by atoms with Gasteiger partial charge in [0.2, 0.25) is 11.8 Å². The number of nitrogens with one attached hydrogen (secondary N) is 1. The molecule has 13 heteroatoms. The summed E-state index contributed by atoms with van der Waals surface area (Å²) in [7, 11) is -4.62. The average Bonchev–Trinajstić information content (AvgIpc) is 2.90. The molecule has 0 aromatic heterocycles. The second kappa shape index (κ2) is 12.9. The normalized spacial score (nSPS) is 12.9. The molecule has 0 saturated heterocycles. The molecule has 1 N–H and O–H groups in total. The molecule has 3 aromatic carbocycles. The summed E-state index contributed by atoms with van der Waals surface area (Å²) >= 11 is 12.6. The third-order valence-corrected chi connectivity index (χ3v) is 8.58. The van der Waals surface area contributed by atoms with E-state index in [9.17, 15) is 31.2 Å². The summed E-state index contributed by atoms with van der Waals surface area (Å²) in [5.74, 6) is -1.41. The molecule has 1 unspecified atom stereocenters. The van der Waals surface area contributed by atoms with Crippen molar-refractivity contribution in [2.45, 2.75) is 56.9 Å². The summed E-state index contributed by atoms with van der Waals surface area (Å²) in [5.41, 5.74) is -1.89. The number of amides is 2. The Kier molecular flexibility index (Phi) is 10.2. The van der Waals surface area contributed by atoms with E-state index >= 15 is 0 Å². The Hall–Kier alpha value is -3.28. The van der Waals surface area contributed by atoms with Gasteiger partial charge in [-0.15, -0.1) is 0 Å². The fourth-order valence-electron chi connectivity index (χ4n) is 3.98. The van der Waals surface area contributed by atoms with Gasteiger partial charge < -0.3 is 10.2 Å². The van der Waals surface area contributed by atoms with E-state index < -0.39 is 57.4 Å². The lowest BCUT2D eigenvalue weighted by atomic mass is 10.1. The van der Waals surface area contributed by atoms with Crippen LogP contribution < -0.4 is 9.62 Å². The number of halogens is 5. The van der Waals surface area contributed by atoms with Crippen molar-refractivity contribution < 1.29 is 31.2 Å². The number of carbonyl (C=O) groups excluding carboxylic acids is 2. The summed E-state index contributed by atoms with van der Waals surface area (Å²) in [6.45, 7) is 5.57. The number of carbonyl (C=O) groups is 2. The first-order valence-electron chi connectivity index (χ1n) is 12.7. The minimum absolute atomic E-state index is 0.188. The zero-order valence-electron chi connectivity index (χ0n) is 23.2. The molecule has 226 valence electrons. The Balaban J connectivity index is 2.14. The van der Waals surface area contributed by atoms with Gasteiger partial charge in [-0.2, -0.15) is 13.2 Å². The molecule has 0 bridgehead atoms. The number of sulfonamides is 1. The summed E-state index contributed by atoms with van der Waals surface area (Å²) in [6, 6.07) is 14.6. The predicted molar refractivity (Wildman–Crippen MR) is 157 cm³/mol. The van der Waals surface area contributed by atoms with Crippen LogP contribution in [0, 0.1) is 0 Å². The van der Waals surface area contributed by atoms with Gasteiger partial charge in [-0.1, -0.05) is 59.6 Å². The van der Waals surface area contributed by atoms with E-state index in [4.69, 9.17) is 23.2 Å². The Morgan fingerprint density at radius 2 is 1.50 bits per heavy atom. The first-order chi connectivity index (χ1) is 19.4. The van der Waals surface area contributed by atoms with Crippen LogP contribution >= 0.6 is 23.2 Å². The maximum absolute atomic E-state index is 14.0. The van der Waals surface area contributed by atoms with Crippen LogP contribution in [-0.2, 0) is 32.3 Å². The molecule has 0 spiro atoms. The van der Waals surface area contributed by atoms with Gasteiger partial charge in [0.15, 0.2) is 0 Å². The van der Waals surface area contributed by atoms with Crippen LogP contribution in [-0.4, -0.2) is 43.3 Å². The molecule has 1 atom stereocenters. The number of hydrogen-bond acceptors (Lipinski definition) is 4. The third kappa shape index (κ3) is 8.17. The average molecular weight is 645 g/mol. The van der Waals surface area contributed by atoms with Crippen LogP contribution in [0.3, 0.4) is 0 Å². The molecule has 7 nitrogen and oxygen atoms in total. The van der Waals surface area contributed by atoms with Gasteiger partial charge in [0.05, 0.1) is 21.2 Å². The fourth-order valence-corrected chi connectivity index (χ4v) is 5.89. The molecule has 2 amide bonds. The molecule has 0 aliphatic carbocycles. The predicted octanol–water partition coefficient (Wildman–Crippen LogP) is 6.54. The third-order valence-electron chi connectivity index (χ3n) is 6.12. The Morgan fingerprint density at radius 1 is 0.905 bits per heavy atom. The van der Waals surface area contributed by atoms with Crippen molar-refractivity contribution in [2.75, 3.05) is 10.8 Å². The molecule has 0 heterocycles. The summed E-state index contributed by atoms with van der Waals surface area (Å²) in [6.07, 6.45) is -4.82. The molecular formula is C29H30Cl2F3N3O4S. The molecule has 0 radical (unpaired) electrons. The molecule has 0 fully saturated rings. The number of benzene rings is 3.